The van der Waals surface area contributed by atoms with Gasteiger partial charge in [0.1, 0.15) is 5.82 Å². The molecule has 0 fully saturated rings. The van der Waals surface area contributed by atoms with Gasteiger partial charge in [0.2, 0.25) is 0 Å². The van der Waals surface area contributed by atoms with Crippen LogP contribution in [0.15, 0.2) is 24.9 Å². The summed E-state index contributed by atoms with van der Waals surface area (Å²) in [6.07, 6.45) is 7.20. The molecule has 0 aliphatic rings. The Labute approximate surface area is 124 Å². The molecule has 2 aromatic heterocycles. The molecule has 4 heteroatoms. The fourth-order valence-corrected chi connectivity index (χ4v) is 1.34. The topological polar surface area (TPSA) is 57.4 Å². The lowest BCUT2D eigenvalue weighted by Gasteiger charge is -2.14. The molecule has 0 amide bonds. The molecule has 116 valence electrons. The van der Waals surface area contributed by atoms with E-state index in [-0.39, 0.29) is 25.7 Å². The molecule has 0 bridgehead atoms. The number of imidazole rings is 2. The van der Waals surface area contributed by atoms with Gasteiger partial charge in [0.15, 0.2) is 0 Å². The van der Waals surface area contributed by atoms with Crippen LogP contribution in [0.25, 0.3) is 0 Å². The van der Waals surface area contributed by atoms with Gasteiger partial charge in [-0.1, -0.05) is 56.4 Å². The van der Waals surface area contributed by atoms with Crippen LogP contribution in [0.3, 0.4) is 0 Å². The zero-order valence-corrected chi connectivity index (χ0v) is 12.2. The van der Waals surface area contributed by atoms with Crippen molar-refractivity contribution >= 4 is 0 Å². The fourth-order valence-electron chi connectivity index (χ4n) is 1.34. The largest absolute Gasteiger partial charge is 0.348 e. The minimum atomic E-state index is 0. The second kappa shape index (κ2) is 7.88. The molecule has 0 aliphatic heterocycles. The Hall–Kier alpha value is -1.58. The number of hydrogen-bond donors (Lipinski definition) is 2. The highest BCUT2D eigenvalue weighted by Crippen LogP contribution is 2.18. The zero-order chi connectivity index (χ0) is 13.8. The molecule has 0 spiro atoms. The smallest absolute Gasteiger partial charge is 0.111 e. The fraction of sp³-hybridized carbons (Fsp3) is 0.625. The van der Waals surface area contributed by atoms with E-state index < -0.39 is 0 Å². The van der Waals surface area contributed by atoms with Crippen molar-refractivity contribution < 1.29 is 0 Å². The Kier molecular flexibility index (Phi) is 8.16. The van der Waals surface area contributed by atoms with Crippen LogP contribution in [0.5, 0.6) is 0 Å². The molecule has 2 rings (SSSR count). The predicted octanol–water partition coefficient (Wildman–Crippen LogP) is 4.69. The second-order valence-electron chi connectivity index (χ2n) is 6.40. The lowest BCUT2D eigenvalue weighted by molar-refractivity contribution is 0.552. The summed E-state index contributed by atoms with van der Waals surface area (Å²) < 4.78 is 0. The highest BCUT2D eigenvalue weighted by Gasteiger charge is 2.15. The lowest BCUT2D eigenvalue weighted by Crippen LogP contribution is -2.12. The first kappa shape index (κ1) is 20.7. The van der Waals surface area contributed by atoms with Crippen molar-refractivity contribution in [2.45, 2.75) is 67.2 Å². The Morgan fingerprint density at radius 1 is 0.900 bits per heavy atom. The second-order valence-corrected chi connectivity index (χ2v) is 6.40. The first-order chi connectivity index (χ1) is 8.21. The van der Waals surface area contributed by atoms with E-state index in [2.05, 4.69) is 61.5 Å². The summed E-state index contributed by atoms with van der Waals surface area (Å²) in [5, 5.41) is 0. The van der Waals surface area contributed by atoms with E-state index in [1.165, 1.54) is 5.69 Å². The van der Waals surface area contributed by atoms with Gasteiger partial charge in [0.05, 0.1) is 6.33 Å². The normalized spacial score (nSPS) is 10.7. The summed E-state index contributed by atoms with van der Waals surface area (Å²) in [6, 6.07) is 0. The van der Waals surface area contributed by atoms with E-state index >= 15 is 0 Å². The van der Waals surface area contributed by atoms with Crippen molar-refractivity contribution in [1.82, 2.24) is 19.9 Å². The van der Waals surface area contributed by atoms with Crippen molar-refractivity contribution in [1.29, 1.82) is 0 Å². The maximum absolute atomic E-state index is 4.13. The SMILES string of the molecule is C.C.CC(C)(C)c1cnc[nH]1.CC(C)(C)c1ncc[nH]1. The van der Waals surface area contributed by atoms with E-state index in [4.69, 9.17) is 0 Å². The summed E-state index contributed by atoms with van der Waals surface area (Å²) in [4.78, 5) is 14.2. The molecule has 0 radical (unpaired) electrons. The van der Waals surface area contributed by atoms with Crippen molar-refractivity contribution in [3.63, 3.8) is 0 Å². The summed E-state index contributed by atoms with van der Waals surface area (Å²) in [7, 11) is 0. The average Bonchev–Trinajstić information content (AvgIpc) is 2.91. The van der Waals surface area contributed by atoms with Crippen molar-refractivity contribution in [2.24, 2.45) is 0 Å². The van der Waals surface area contributed by atoms with Crippen LogP contribution in [-0.2, 0) is 10.8 Å². The molecule has 0 aliphatic carbocycles. The number of rotatable bonds is 0. The number of aromatic amines is 2. The maximum atomic E-state index is 4.13. The number of H-pyrrole nitrogens is 2. The molecule has 2 N–H and O–H groups in total. The quantitative estimate of drug-likeness (QED) is 0.735. The van der Waals surface area contributed by atoms with E-state index in [1.807, 2.05) is 12.4 Å². The molecule has 0 aromatic carbocycles. The van der Waals surface area contributed by atoms with Gasteiger partial charge in [-0.15, -0.1) is 0 Å². The van der Waals surface area contributed by atoms with Crippen LogP contribution in [-0.4, -0.2) is 19.9 Å². The molecule has 2 heterocycles. The monoisotopic (exact) mass is 280 g/mol. The summed E-state index contributed by atoms with van der Waals surface area (Å²) in [5.41, 5.74) is 1.54. The first-order valence-corrected chi connectivity index (χ1v) is 6.20. The van der Waals surface area contributed by atoms with Crippen LogP contribution >= 0.6 is 0 Å². The number of nitrogens with zero attached hydrogens (tertiary/aromatic N) is 2. The third kappa shape index (κ3) is 6.55. The Bertz CT molecular complexity index is 384. The lowest BCUT2D eigenvalue weighted by atomic mass is 9.93. The van der Waals surface area contributed by atoms with Crippen LogP contribution in [0.2, 0.25) is 0 Å². The van der Waals surface area contributed by atoms with Crippen LogP contribution in [0, 0.1) is 0 Å². The van der Waals surface area contributed by atoms with E-state index in [0.29, 0.717) is 0 Å². The summed E-state index contributed by atoms with van der Waals surface area (Å²) in [5.74, 6) is 1.04. The summed E-state index contributed by atoms with van der Waals surface area (Å²) in [6.45, 7) is 12.9. The third-order valence-electron chi connectivity index (χ3n) is 2.51. The van der Waals surface area contributed by atoms with Gasteiger partial charge in [-0.05, 0) is 0 Å². The number of nitrogens with one attached hydrogen (secondary N) is 2. The molecule has 4 nitrogen and oxygen atoms in total. The molecule has 0 saturated carbocycles. The molecule has 0 unspecified atom stereocenters. The van der Waals surface area contributed by atoms with Gasteiger partial charge < -0.3 is 9.97 Å². The highest BCUT2D eigenvalue weighted by atomic mass is 14.9. The van der Waals surface area contributed by atoms with Crippen LogP contribution in [0.4, 0.5) is 0 Å². The van der Waals surface area contributed by atoms with Gasteiger partial charge >= 0.3 is 0 Å². The molecule has 0 atom stereocenters. The number of hydrogen-bond acceptors (Lipinski definition) is 2. The van der Waals surface area contributed by atoms with Gasteiger partial charge in [0, 0.05) is 35.1 Å². The average molecular weight is 280 g/mol. The van der Waals surface area contributed by atoms with E-state index in [1.54, 1.807) is 12.5 Å². The van der Waals surface area contributed by atoms with Crippen LogP contribution in [0.1, 0.15) is 67.9 Å². The molecular formula is C16H32N4. The molecule has 2 aromatic rings. The van der Waals surface area contributed by atoms with E-state index in [9.17, 15) is 0 Å². The third-order valence-corrected chi connectivity index (χ3v) is 2.51. The summed E-state index contributed by atoms with van der Waals surface area (Å²) >= 11 is 0. The van der Waals surface area contributed by atoms with Crippen molar-refractivity contribution in [3.05, 3.63) is 36.4 Å². The minimum Gasteiger partial charge on any atom is -0.348 e. The Balaban J connectivity index is 0. The van der Waals surface area contributed by atoms with Crippen LogP contribution < -0.4 is 0 Å². The van der Waals surface area contributed by atoms with Gasteiger partial charge in [-0.3, -0.25) is 0 Å². The van der Waals surface area contributed by atoms with Gasteiger partial charge in [0.25, 0.3) is 0 Å². The Morgan fingerprint density at radius 3 is 1.70 bits per heavy atom. The first-order valence-electron chi connectivity index (χ1n) is 6.20. The van der Waals surface area contributed by atoms with Gasteiger partial charge in [-0.25, -0.2) is 9.97 Å². The standard InChI is InChI=1S/2C7H12N2.2CH4/c1-7(2,3)6-4-8-5-9-6;1-7(2,3)6-8-4-5-9-6;;/h2*4-5H,1-3H3,(H,8,9);2*1H4. The number of aromatic nitrogens is 4. The molecule has 0 saturated heterocycles. The maximum Gasteiger partial charge on any atom is 0.111 e. The Morgan fingerprint density at radius 2 is 1.50 bits per heavy atom. The van der Waals surface area contributed by atoms with Crippen molar-refractivity contribution in [3.8, 4) is 0 Å². The van der Waals surface area contributed by atoms with Crippen molar-refractivity contribution in [2.75, 3.05) is 0 Å². The zero-order valence-electron chi connectivity index (χ0n) is 12.2. The predicted molar refractivity (Wildman–Crippen MR) is 88.0 cm³/mol. The van der Waals surface area contributed by atoms with E-state index in [0.717, 1.165) is 5.82 Å². The molecule has 20 heavy (non-hydrogen) atoms. The minimum absolute atomic E-state index is 0. The molecular weight excluding hydrogens is 248 g/mol. The van der Waals surface area contributed by atoms with Gasteiger partial charge in [-0.2, -0.15) is 0 Å². The highest BCUT2D eigenvalue weighted by molar-refractivity contribution is 5.07.